The highest BCUT2D eigenvalue weighted by Gasteiger charge is 2.40. The van der Waals surface area contributed by atoms with Crippen molar-refractivity contribution in [2.75, 3.05) is 23.3 Å². The molecule has 20 heavy (non-hydrogen) atoms. The van der Waals surface area contributed by atoms with Gasteiger partial charge in [0.2, 0.25) is 0 Å². The minimum atomic E-state index is 0.211. The van der Waals surface area contributed by atoms with E-state index in [1.807, 2.05) is 6.07 Å². The van der Waals surface area contributed by atoms with E-state index < -0.39 is 0 Å². The van der Waals surface area contributed by atoms with Crippen LogP contribution in [0.1, 0.15) is 0 Å². The number of anilines is 2. The van der Waals surface area contributed by atoms with Gasteiger partial charge in [-0.25, -0.2) is 0 Å². The van der Waals surface area contributed by atoms with Gasteiger partial charge >= 0.3 is 14.0 Å². The van der Waals surface area contributed by atoms with Crippen LogP contribution in [0.15, 0.2) is 30.3 Å². The second-order valence-corrected chi connectivity index (χ2v) is 5.06. The zero-order valence-corrected chi connectivity index (χ0v) is 11.9. The normalized spacial score (nSPS) is 16.9. The van der Waals surface area contributed by atoms with Crippen LogP contribution in [0, 0.1) is 0 Å². The molecule has 9 heteroatoms. The third-order valence-corrected chi connectivity index (χ3v) is 4.06. The summed E-state index contributed by atoms with van der Waals surface area (Å²) in [5.41, 5.74) is 1.19. The SMILES string of the molecule is CB1N(C)B(C)N(c2nn[nH]n2)CN1c1ccccc1. The van der Waals surface area contributed by atoms with Crippen LogP contribution in [0.2, 0.25) is 13.6 Å². The van der Waals surface area contributed by atoms with Crippen LogP contribution in [0.5, 0.6) is 0 Å². The Kier molecular flexibility index (Phi) is 3.35. The topological polar surface area (TPSA) is 64.2 Å². The van der Waals surface area contributed by atoms with Crippen molar-refractivity contribution in [3.63, 3.8) is 0 Å². The van der Waals surface area contributed by atoms with Crippen molar-refractivity contribution < 1.29 is 0 Å². The first-order valence-corrected chi connectivity index (χ1v) is 6.72. The van der Waals surface area contributed by atoms with E-state index in [9.17, 15) is 0 Å². The minimum absolute atomic E-state index is 0.211. The average molecular weight is 269 g/mol. The lowest BCUT2D eigenvalue weighted by Gasteiger charge is -2.47. The summed E-state index contributed by atoms with van der Waals surface area (Å²) in [5, 5.41) is 14.4. The molecule has 1 aliphatic heterocycles. The molecule has 0 atom stereocenters. The van der Waals surface area contributed by atoms with E-state index in [0.29, 0.717) is 12.9 Å². The fourth-order valence-corrected chi connectivity index (χ4v) is 2.58. The largest absolute Gasteiger partial charge is 0.386 e. The van der Waals surface area contributed by atoms with Crippen LogP contribution in [0.3, 0.4) is 0 Å². The number of hydrogen-bond donors (Lipinski definition) is 1. The quantitative estimate of drug-likeness (QED) is 0.807. The molecule has 1 saturated heterocycles. The molecule has 0 aliphatic carbocycles. The molecule has 2 aromatic rings. The van der Waals surface area contributed by atoms with Gasteiger partial charge < -0.3 is 14.3 Å². The summed E-state index contributed by atoms with van der Waals surface area (Å²) in [7, 11) is 2.11. The van der Waals surface area contributed by atoms with Gasteiger partial charge in [-0.05, 0) is 24.4 Å². The maximum Gasteiger partial charge on any atom is 0.333 e. The van der Waals surface area contributed by atoms with Gasteiger partial charge in [0, 0.05) is 5.69 Å². The first-order valence-electron chi connectivity index (χ1n) is 6.72. The second-order valence-electron chi connectivity index (χ2n) is 5.06. The molecule has 1 N–H and O–H groups in total. The van der Waals surface area contributed by atoms with Crippen molar-refractivity contribution in [2.45, 2.75) is 13.6 Å². The standard InChI is InChI=1S/C11H17B2N7/c1-12-18(3)13(2)20(11-14-16-17-15-11)9-19(12)10-7-5-4-6-8-10/h4-8H,9H2,1-3H3,(H,14,15,16,17). The lowest BCUT2D eigenvalue weighted by atomic mass is 9.58. The number of nitrogens with zero attached hydrogens (tertiary/aromatic N) is 6. The number of aromatic amines is 1. The van der Waals surface area contributed by atoms with E-state index in [1.54, 1.807) is 0 Å². The maximum absolute atomic E-state index is 4.10. The van der Waals surface area contributed by atoms with Crippen LogP contribution in [0.4, 0.5) is 11.6 Å². The number of rotatable bonds is 2. The Morgan fingerprint density at radius 2 is 1.80 bits per heavy atom. The molecular weight excluding hydrogens is 252 g/mol. The van der Waals surface area contributed by atoms with E-state index in [1.165, 1.54) is 5.69 Å². The van der Waals surface area contributed by atoms with Gasteiger partial charge in [-0.15, -0.1) is 5.10 Å². The van der Waals surface area contributed by atoms with Gasteiger partial charge in [0.1, 0.15) is 0 Å². The van der Waals surface area contributed by atoms with Gasteiger partial charge in [0.05, 0.1) is 6.67 Å². The summed E-state index contributed by atoms with van der Waals surface area (Å²) < 4.78 is 2.28. The van der Waals surface area contributed by atoms with Gasteiger partial charge in [-0.2, -0.15) is 5.21 Å². The molecule has 1 aliphatic rings. The third kappa shape index (κ3) is 2.14. The number of tetrazole rings is 1. The summed E-state index contributed by atoms with van der Waals surface area (Å²) >= 11 is 0. The molecule has 102 valence electrons. The van der Waals surface area contributed by atoms with E-state index in [2.05, 4.69) is 79.9 Å². The lowest BCUT2D eigenvalue weighted by molar-refractivity contribution is 0.715. The number of benzene rings is 1. The van der Waals surface area contributed by atoms with Crippen LogP contribution < -0.4 is 9.62 Å². The van der Waals surface area contributed by atoms with Gasteiger partial charge in [0.25, 0.3) is 5.95 Å². The predicted octanol–water partition coefficient (Wildman–Crippen LogP) is 0.652. The summed E-state index contributed by atoms with van der Waals surface area (Å²) in [4.78, 5) is 4.44. The van der Waals surface area contributed by atoms with Crippen molar-refractivity contribution in [1.29, 1.82) is 0 Å². The van der Waals surface area contributed by atoms with E-state index in [4.69, 9.17) is 0 Å². The van der Waals surface area contributed by atoms with Crippen LogP contribution >= 0.6 is 0 Å². The zero-order valence-electron chi connectivity index (χ0n) is 11.9. The molecule has 1 aromatic heterocycles. The Balaban J connectivity index is 1.92. The smallest absolute Gasteiger partial charge is 0.333 e. The Morgan fingerprint density at radius 1 is 1.10 bits per heavy atom. The fraction of sp³-hybridized carbons (Fsp3) is 0.364. The summed E-state index contributed by atoms with van der Waals surface area (Å²) in [6, 6.07) is 10.4. The summed E-state index contributed by atoms with van der Waals surface area (Å²) in [6.45, 7) is 5.60. The van der Waals surface area contributed by atoms with Gasteiger partial charge in [0.15, 0.2) is 0 Å². The minimum Gasteiger partial charge on any atom is -0.386 e. The number of aromatic nitrogens is 4. The second kappa shape index (κ2) is 5.16. The van der Waals surface area contributed by atoms with Gasteiger partial charge in [-0.1, -0.05) is 36.9 Å². The third-order valence-electron chi connectivity index (χ3n) is 4.06. The molecule has 1 fully saturated rings. The first kappa shape index (κ1) is 13.0. The molecular formula is C11H17B2N7. The molecule has 0 bridgehead atoms. The van der Waals surface area contributed by atoms with E-state index in [0.717, 1.165) is 6.67 Å². The van der Waals surface area contributed by atoms with Gasteiger partial charge in [-0.3, -0.25) is 0 Å². The Hall–Kier alpha value is -2.02. The molecule has 1 aromatic carbocycles. The first-order chi connectivity index (χ1) is 9.68. The summed E-state index contributed by atoms with van der Waals surface area (Å²) in [5.74, 6) is 0.622. The number of H-pyrrole nitrogens is 1. The van der Waals surface area contributed by atoms with Crippen molar-refractivity contribution in [3.8, 4) is 0 Å². The molecule has 0 amide bonds. The molecule has 2 heterocycles. The summed E-state index contributed by atoms with van der Waals surface area (Å²) in [6.07, 6.45) is 0. The number of nitrogens with one attached hydrogen (secondary N) is 1. The van der Waals surface area contributed by atoms with E-state index in [-0.39, 0.29) is 6.98 Å². The monoisotopic (exact) mass is 269 g/mol. The molecule has 0 saturated carbocycles. The molecule has 0 unspecified atom stereocenters. The highest BCUT2D eigenvalue weighted by molar-refractivity contribution is 6.76. The van der Waals surface area contributed by atoms with Crippen molar-refractivity contribution in [3.05, 3.63) is 30.3 Å². The lowest BCUT2D eigenvalue weighted by Crippen LogP contribution is -2.69. The van der Waals surface area contributed by atoms with Crippen LogP contribution in [-0.4, -0.2) is 53.0 Å². The van der Waals surface area contributed by atoms with Crippen molar-refractivity contribution in [2.24, 2.45) is 0 Å². The Labute approximate surface area is 119 Å². The number of para-hydroxylation sites is 1. The highest BCUT2D eigenvalue weighted by atomic mass is 15.5. The predicted molar refractivity (Wildman–Crippen MR) is 81.4 cm³/mol. The highest BCUT2D eigenvalue weighted by Crippen LogP contribution is 2.23. The Bertz CT molecular complexity index is 549. The Morgan fingerprint density at radius 3 is 2.45 bits per heavy atom. The van der Waals surface area contributed by atoms with Crippen molar-refractivity contribution in [1.82, 2.24) is 25.3 Å². The van der Waals surface area contributed by atoms with Crippen molar-refractivity contribution >= 4 is 25.6 Å². The van der Waals surface area contributed by atoms with Crippen LogP contribution in [0.25, 0.3) is 0 Å². The molecule has 3 rings (SSSR count). The molecule has 0 radical (unpaired) electrons. The average Bonchev–Trinajstić information content (AvgIpc) is 3.00. The molecule has 7 nitrogen and oxygen atoms in total. The van der Waals surface area contributed by atoms with Crippen LogP contribution in [-0.2, 0) is 0 Å². The molecule has 0 spiro atoms. The zero-order chi connectivity index (χ0) is 14.1. The fourth-order valence-electron chi connectivity index (χ4n) is 2.58. The number of hydrogen-bond acceptors (Lipinski definition) is 6. The maximum atomic E-state index is 4.10. The van der Waals surface area contributed by atoms with E-state index >= 15 is 0 Å².